The number of nitrogens with two attached hydrogens (primary N) is 1. The predicted molar refractivity (Wildman–Crippen MR) is 148 cm³/mol. The lowest BCUT2D eigenvalue weighted by Crippen LogP contribution is -2.37. The van der Waals surface area contributed by atoms with E-state index in [9.17, 15) is 18.8 Å². The molecular formula is C29H28FN7O4. The number of carbonyl (C=O) groups is 3. The molecule has 1 fully saturated rings. The number of ether oxygens (including phenoxy) is 1. The minimum atomic E-state index is -1.35. The highest BCUT2D eigenvalue weighted by Gasteiger charge is 2.28. The monoisotopic (exact) mass is 557 g/mol. The maximum Gasteiger partial charge on any atom is 0.361 e. The van der Waals surface area contributed by atoms with Crippen LogP contribution in [0.2, 0.25) is 0 Å². The second-order valence-electron chi connectivity index (χ2n) is 9.63. The minimum Gasteiger partial charge on any atom is -0.442 e. The van der Waals surface area contributed by atoms with E-state index in [4.69, 9.17) is 10.5 Å². The maximum atomic E-state index is 13.3. The molecule has 2 amide bonds. The van der Waals surface area contributed by atoms with Crippen molar-refractivity contribution in [2.24, 2.45) is 0 Å². The van der Waals surface area contributed by atoms with Gasteiger partial charge in [0.15, 0.2) is 11.5 Å². The van der Waals surface area contributed by atoms with E-state index >= 15 is 0 Å². The van der Waals surface area contributed by atoms with Gasteiger partial charge in [-0.25, -0.2) is 19.2 Å². The van der Waals surface area contributed by atoms with Crippen molar-refractivity contribution in [1.82, 2.24) is 24.6 Å². The van der Waals surface area contributed by atoms with Gasteiger partial charge in [-0.2, -0.15) is 5.10 Å². The zero-order valence-electron chi connectivity index (χ0n) is 22.2. The van der Waals surface area contributed by atoms with Crippen LogP contribution in [0, 0.1) is 5.82 Å². The number of benzene rings is 2. The fourth-order valence-electron chi connectivity index (χ4n) is 4.61. The third-order valence-corrected chi connectivity index (χ3v) is 6.85. The lowest BCUT2D eigenvalue weighted by molar-refractivity contribution is -0.130. The van der Waals surface area contributed by atoms with Crippen molar-refractivity contribution in [3.63, 3.8) is 0 Å². The number of likely N-dealkylation sites (tertiary alicyclic amines) is 1. The van der Waals surface area contributed by atoms with Crippen LogP contribution in [0.25, 0.3) is 11.3 Å². The molecule has 1 saturated heterocycles. The predicted octanol–water partition coefficient (Wildman–Crippen LogP) is 3.78. The summed E-state index contributed by atoms with van der Waals surface area (Å²) in [6.07, 6.45) is 5.06. The molecule has 1 aliphatic heterocycles. The van der Waals surface area contributed by atoms with Crippen molar-refractivity contribution in [3.05, 3.63) is 90.3 Å². The molecule has 41 heavy (non-hydrogen) atoms. The average molecular weight is 558 g/mol. The van der Waals surface area contributed by atoms with Crippen LogP contribution in [0.3, 0.4) is 0 Å². The Morgan fingerprint density at radius 3 is 2.44 bits per heavy atom. The quantitative estimate of drug-likeness (QED) is 0.327. The number of nitrogen functional groups attached to an aromatic ring is 1. The normalized spacial score (nSPS) is 14.3. The number of carbonyl (C=O) groups excluding carboxylic acids is 3. The summed E-state index contributed by atoms with van der Waals surface area (Å²) >= 11 is 0. The van der Waals surface area contributed by atoms with Gasteiger partial charge in [0.25, 0.3) is 5.91 Å². The molecule has 3 heterocycles. The molecule has 2 aromatic carbocycles. The summed E-state index contributed by atoms with van der Waals surface area (Å²) in [6.45, 7) is 2.88. The molecule has 1 atom stereocenters. The third kappa shape index (κ3) is 6.38. The number of anilines is 2. The van der Waals surface area contributed by atoms with E-state index in [0.717, 1.165) is 12.8 Å². The number of piperidine rings is 1. The van der Waals surface area contributed by atoms with Crippen molar-refractivity contribution < 1.29 is 23.5 Å². The smallest absolute Gasteiger partial charge is 0.361 e. The first-order chi connectivity index (χ1) is 19.8. The molecule has 0 unspecified atom stereocenters. The Morgan fingerprint density at radius 2 is 1.76 bits per heavy atom. The first kappa shape index (κ1) is 27.4. The molecule has 210 valence electrons. The summed E-state index contributed by atoms with van der Waals surface area (Å²) in [4.78, 5) is 48.4. The Kier molecular flexibility index (Phi) is 7.99. The number of rotatable bonds is 7. The van der Waals surface area contributed by atoms with E-state index in [-0.39, 0.29) is 23.5 Å². The summed E-state index contributed by atoms with van der Waals surface area (Å²) in [5.41, 5.74) is 7.46. The maximum absolute atomic E-state index is 13.3. The molecule has 4 aromatic rings. The van der Waals surface area contributed by atoms with Gasteiger partial charge in [-0.3, -0.25) is 14.3 Å². The van der Waals surface area contributed by atoms with Crippen LogP contribution in [-0.2, 0) is 14.3 Å². The zero-order valence-corrected chi connectivity index (χ0v) is 22.2. The van der Waals surface area contributed by atoms with Gasteiger partial charge in [-0.15, -0.1) is 0 Å². The summed E-state index contributed by atoms with van der Waals surface area (Å²) in [5.74, 6) is -2.14. The van der Waals surface area contributed by atoms with Crippen molar-refractivity contribution in [2.75, 3.05) is 24.1 Å². The second kappa shape index (κ2) is 11.9. The van der Waals surface area contributed by atoms with Crippen LogP contribution in [0.4, 0.5) is 15.9 Å². The highest BCUT2D eigenvalue weighted by atomic mass is 19.1. The summed E-state index contributed by atoms with van der Waals surface area (Å²) in [5, 5.41) is 7.10. The van der Waals surface area contributed by atoms with Gasteiger partial charge < -0.3 is 20.7 Å². The molecule has 11 nitrogen and oxygen atoms in total. The van der Waals surface area contributed by atoms with Gasteiger partial charge in [0.05, 0.1) is 24.1 Å². The number of halogens is 1. The summed E-state index contributed by atoms with van der Waals surface area (Å²) < 4.78 is 20.8. The Bertz CT molecular complexity index is 1550. The third-order valence-electron chi connectivity index (χ3n) is 6.85. The van der Waals surface area contributed by atoms with Gasteiger partial charge >= 0.3 is 5.97 Å². The van der Waals surface area contributed by atoms with E-state index in [1.807, 2.05) is 15.8 Å². The van der Waals surface area contributed by atoms with Crippen LogP contribution in [-0.4, -0.2) is 55.5 Å². The van der Waals surface area contributed by atoms with E-state index in [1.165, 1.54) is 30.5 Å². The molecule has 0 spiro atoms. The Hall–Kier alpha value is -5.13. The summed E-state index contributed by atoms with van der Waals surface area (Å²) in [7, 11) is 0. The largest absolute Gasteiger partial charge is 0.442 e. The van der Waals surface area contributed by atoms with Gasteiger partial charge in [0.2, 0.25) is 12.0 Å². The standard InChI is InChI=1S/C29H28FN7O4/c1-18(38)36-13-11-23(12-14-36)37-17-20(15-33-37)24-16-32-27(31)25(35-24)29(40)41-26(19-5-3-2-4-6-19)28(39)34-22-9-7-21(30)8-10-22/h2-10,15-17,23,26H,11-14H2,1H3,(H2,31,32)(H,34,39)/t26-/m1/s1. The highest BCUT2D eigenvalue weighted by Crippen LogP contribution is 2.27. The molecule has 0 radical (unpaired) electrons. The Labute approximate surface area is 235 Å². The van der Waals surface area contributed by atoms with E-state index in [2.05, 4.69) is 20.4 Å². The number of hydrogen-bond acceptors (Lipinski definition) is 8. The van der Waals surface area contributed by atoms with Crippen molar-refractivity contribution >= 4 is 29.3 Å². The van der Waals surface area contributed by atoms with Crippen LogP contribution in [0.15, 0.2) is 73.2 Å². The van der Waals surface area contributed by atoms with Gasteiger partial charge in [-0.05, 0) is 37.1 Å². The second-order valence-corrected chi connectivity index (χ2v) is 9.63. The van der Waals surface area contributed by atoms with E-state index in [0.29, 0.717) is 35.6 Å². The van der Waals surface area contributed by atoms with Crippen LogP contribution in [0.5, 0.6) is 0 Å². The van der Waals surface area contributed by atoms with Crippen molar-refractivity contribution in [2.45, 2.75) is 31.9 Å². The van der Waals surface area contributed by atoms with Gasteiger partial charge in [0.1, 0.15) is 5.82 Å². The molecule has 0 aliphatic carbocycles. The van der Waals surface area contributed by atoms with Gasteiger partial charge in [0, 0.05) is 43.0 Å². The van der Waals surface area contributed by atoms with E-state index in [1.54, 1.807) is 43.5 Å². The number of aromatic nitrogens is 4. The van der Waals surface area contributed by atoms with Crippen molar-refractivity contribution in [1.29, 1.82) is 0 Å². The lowest BCUT2D eigenvalue weighted by atomic mass is 10.1. The minimum absolute atomic E-state index is 0.0589. The van der Waals surface area contributed by atoms with Gasteiger partial charge in [-0.1, -0.05) is 30.3 Å². The number of amides is 2. The molecule has 1 aliphatic rings. The molecule has 12 heteroatoms. The molecule has 0 saturated carbocycles. The lowest BCUT2D eigenvalue weighted by Gasteiger charge is -2.31. The molecular weight excluding hydrogens is 529 g/mol. The SMILES string of the molecule is CC(=O)N1CCC(n2cc(-c3cnc(N)c(C(=O)O[C@@H](C(=O)Nc4ccc(F)cc4)c4ccccc4)n3)cn2)CC1. The van der Waals surface area contributed by atoms with E-state index < -0.39 is 23.8 Å². The fraction of sp³-hybridized carbons (Fsp3) is 0.241. The number of esters is 1. The number of nitrogens with zero attached hydrogens (tertiary/aromatic N) is 5. The van der Waals surface area contributed by atoms with Crippen molar-refractivity contribution in [3.8, 4) is 11.3 Å². The first-order valence-corrected chi connectivity index (χ1v) is 13.0. The molecule has 2 aromatic heterocycles. The Balaban J connectivity index is 1.34. The summed E-state index contributed by atoms with van der Waals surface area (Å²) in [6, 6.07) is 13.8. The Morgan fingerprint density at radius 1 is 1.05 bits per heavy atom. The van der Waals surface area contributed by atoms with Crippen LogP contribution in [0.1, 0.15) is 48.0 Å². The molecule has 0 bridgehead atoms. The van der Waals surface area contributed by atoms with Crippen LogP contribution < -0.4 is 11.1 Å². The number of nitrogens with one attached hydrogen (secondary N) is 1. The topological polar surface area (TPSA) is 145 Å². The number of hydrogen-bond donors (Lipinski definition) is 2. The zero-order chi connectivity index (χ0) is 28.9. The molecule has 5 rings (SSSR count). The molecule has 3 N–H and O–H groups in total. The fourth-order valence-corrected chi connectivity index (χ4v) is 4.61. The van der Waals surface area contributed by atoms with Crippen LogP contribution >= 0.6 is 0 Å². The average Bonchev–Trinajstić information content (AvgIpc) is 3.48. The highest BCUT2D eigenvalue weighted by molar-refractivity contribution is 5.99. The first-order valence-electron chi connectivity index (χ1n) is 13.0.